The van der Waals surface area contributed by atoms with E-state index in [4.69, 9.17) is 9.47 Å². The molecule has 2 aromatic rings. The van der Waals surface area contributed by atoms with Crippen molar-refractivity contribution >= 4 is 5.91 Å². The van der Waals surface area contributed by atoms with Gasteiger partial charge < -0.3 is 14.8 Å². The molecule has 1 N–H and O–H groups in total. The van der Waals surface area contributed by atoms with Gasteiger partial charge in [-0.2, -0.15) is 0 Å². The molecular formula is C19H23NO3. The highest BCUT2D eigenvalue weighted by Gasteiger charge is 2.14. The number of amides is 1. The minimum absolute atomic E-state index is 0.0842. The highest BCUT2D eigenvalue weighted by molar-refractivity contribution is 5.94. The van der Waals surface area contributed by atoms with E-state index in [-0.39, 0.29) is 11.9 Å². The Morgan fingerprint density at radius 3 is 2.13 bits per heavy atom. The van der Waals surface area contributed by atoms with E-state index in [1.807, 2.05) is 51.1 Å². The van der Waals surface area contributed by atoms with Gasteiger partial charge >= 0.3 is 0 Å². The van der Waals surface area contributed by atoms with Crippen LogP contribution in [0.1, 0.15) is 40.0 Å². The third kappa shape index (κ3) is 4.03. The van der Waals surface area contributed by atoms with Crippen LogP contribution in [0.25, 0.3) is 0 Å². The number of carbonyl (C=O) groups excluding carboxylic acids is 1. The van der Waals surface area contributed by atoms with Gasteiger partial charge in [-0.3, -0.25) is 4.79 Å². The topological polar surface area (TPSA) is 47.6 Å². The van der Waals surface area contributed by atoms with Crippen LogP contribution in [0.5, 0.6) is 11.5 Å². The second kappa shape index (κ2) is 7.18. The Balaban J connectivity index is 2.18. The monoisotopic (exact) mass is 313 g/mol. The number of rotatable bonds is 5. The molecule has 0 saturated heterocycles. The van der Waals surface area contributed by atoms with Crippen LogP contribution in [-0.2, 0) is 0 Å². The van der Waals surface area contributed by atoms with Crippen molar-refractivity contribution in [3.05, 3.63) is 58.7 Å². The van der Waals surface area contributed by atoms with E-state index in [1.54, 1.807) is 14.2 Å². The molecule has 0 aromatic heterocycles. The maximum Gasteiger partial charge on any atom is 0.251 e. The molecule has 23 heavy (non-hydrogen) atoms. The largest absolute Gasteiger partial charge is 0.493 e. The molecule has 122 valence electrons. The minimum Gasteiger partial charge on any atom is -0.493 e. The number of carbonyl (C=O) groups is 1. The average Bonchev–Trinajstić information content (AvgIpc) is 2.53. The Labute approximate surface area is 137 Å². The van der Waals surface area contributed by atoms with Crippen molar-refractivity contribution in [3.63, 3.8) is 0 Å². The molecule has 0 spiro atoms. The van der Waals surface area contributed by atoms with Crippen LogP contribution in [0, 0.1) is 13.8 Å². The second-order valence-corrected chi connectivity index (χ2v) is 5.69. The molecule has 1 amide bonds. The predicted octanol–water partition coefficient (Wildman–Crippen LogP) is 3.81. The SMILES string of the molecule is COc1ccc([C@H](C)NC(=O)c2cc(C)cc(C)c2)cc1OC. The molecule has 0 unspecified atom stereocenters. The predicted molar refractivity (Wildman–Crippen MR) is 91.3 cm³/mol. The Morgan fingerprint density at radius 1 is 0.957 bits per heavy atom. The third-order valence-corrected chi connectivity index (χ3v) is 3.74. The quantitative estimate of drug-likeness (QED) is 0.913. The van der Waals surface area contributed by atoms with Crippen molar-refractivity contribution in [3.8, 4) is 11.5 Å². The van der Waals surface area contributed by atoms with Crippen LogP contribution in [0.15, 0.2) is 36.4 Å². The van der Waals surface area contributed by atoms with Crippen LogP contribution in [0.4, 0.5) is 0 Å². The minimum atomic E-state index is -0.136. The fourth-order valence-electron chi connectivity index (χ4n) is 2.59. The van der Waals surface area contributed by atoms with E-state index in [2.05, 4.69) is 11.4 Å². The van der Waals surface area contributed by atoms with Crippen molar-refractivity contribution in [1.82, 2.24) is 5.32 Å². The molecule has 0 radical (unpaired) electrons. The molecule has 2 aromatic carbocycles. The standard InChI is InChI=1S/C19H23NO3/c1-12-8-13(2)10-16(9-12)19(21)20-14(3)15-6-7-17(22-4)18(11-15)23-5/h6-11,14H,1-5H3,(H,20,21)/t14-/m0/s1. The van der Waals surface area contributed by atoms with Gasteiger partial charge in [0.05, 0.1) is 20.3 Å². The average molecular weight is 313 g/mol. The molecule has 1 atom stereocenters. The van der Waals surface area contributed by atoms with Crippen LogP contribution < -0.4 is 14.8 Å². The molecule has 4 heteroatoms. The third-order valence-electron chi connectivity index (χ3n) is 3.74. The van der Waals surface area contributed by atoms with Gasteiger partial charge in [-0.1, -0.05) is 23.3 Å². The lowest BCUT2D eigenvalue weighted by molar-refractivity contribution is 0.0939. The number of benzene rings is 2. The molecule has 2 rings (SSSR count). The summed E-state index contributed by atoms with van der Waals surface area (Å²) in [5, 5.41) is 3.02. The van der Waals surface area contributed by atoms with Crippen molar-refractivity contribution < 1.29 is 14.3 Å². The lowest BCUT2D eigenvalue weighted by Gasteiger charge is -2.17. The van der Waals surface area contributed by atoms with Crippen LogP contribution in [-0.4, -0.2) is 20.1 Å². The normalized spacial score (nSPS) is 11.7. The maximum absolute atomic E-state index is 12.4. The molecule has 0 aliphatic rings. The van der Waals surface area contributed by atoms with Crippen molar-refractivity contribution in [2.24, 2.45) is 0 Å². The lowest BCUT2D eigenvalue weighted by Crippen LogP contribution is -2.26. The molecule has 0 saturated carbocycles. The zero-order valence-corrected chi connectivity index (χ0v) is 14.3. The summed E-state index contributed by atoms with van der Waals surface area (Å²) >= 11 is 0. The summed E-state index contributed by atoms with van der Waals surface area (Å²) in [4.78, 5) is 12.4. The van der Waals surface area contributed by atoms with Crippen molar-refractivity contribution in [1.29, 1.82) is 0 Å². The molecule has 4 nitrogen and oxygen atoms in total. The number of methoxy groups -OCH3 is 2. The summed E-state index contributed by atoms with van der Waals surface area (Å²) in [5.74, 6) is 1.24. The lowest BCUT2D eigenvalue weighted by atomic mass is 10.0. The first-order chi connectivity index (χ1) is 10.9. The fraction of sp³-hybridized carbons (Fsp3) is 0.316. The van der Waals surface area contributed by atoms with E-state index in [1.165, 1.54) is 0 Å². The smallest absolute Gasteiger partial charge is 0.251 e. The van der Waals surface area contributed by atoms with Gasteiger partial charge in [0.25, 0.3) is 5.91 Å². The van der Waals surface area contributed by atoms with Gasteiger partial charge in [0.2, 0.25) is 0 Å². The van der Waals surface area contributed by atoms with Gasteiger partial charge in [0.1, 0.15) is 0 Å². The van der Waals surface area contributed by atoms with E-state index in [0.29, 0.717) is 17.1 Å². The number of nitrogens with one attached hydrogen (secondary N) is 1. The Hall–Kier alpha value is -2.49. The van der Waals surface area contributed by atoms with Crippen LogP contribution in [0.3, 0.4) is 0 Å². The number of hydrogen-bond donors (Lipinski definition) is 1. The first-order valence-electron chi connectivity index (χ1n) is 7.55. The van der Waals surface area contributed by atoms with E-state index in [9.17, 15) is 4.79 Å². The summed E-state index contributed by atoms with van der Waals surface area (Å²) in [6.45, 7) is 5.92. The van der Waals surface area contributed by atoms with Gasteiger partial charge in [-0.05, 0) is 50.6 Å². The first-order valence-corrected chi connectivity index (χ1v) is 7.55. The zero-order chi connectivity index (χ0) is 17.0. The molecule has 0 aliphatic carbocycles. The second-order valence-electron chi connectivity index (χ2n) is 5.69. The van der Waals surface area contributed by atoms with Crippen molar-refractivity contribution in [2.75, 3.05) is 14.2 Å². The van der Waals surface area contributed by atoms with Crippen LogP contribution >= 0.6 is 0 Å². The Kier molecular flexibility index (Phi) is 5.27. The van der Waals surface area contributed by atoms with Gasteiger partial charge in [-0.25, -0.2) is 0 Å². The van der Waals surface area contributed by atoms with Gasteiger partial charge in [-0.15, -0.1) is 0 Å². The molecule has 0 bridgehead atoms. The van der Waals surface area contributed by atoms with Crippen LogP contribution in [0.2, 0.25) is 0 Å². The van der Waals surface area contributed by atoms with Crippen molar-refractivity contribution in [2.45, 2.75) is 26.8 Å². The summed E-state index contributed by atoms with van der Waals surface area (Å²) in [6, 6.07) is 11.3. The summed E-state index contributed by atoms with van der Waals surface area (Å²) in [6.07, 6.45) is 0. The summed E-state index contributed by atoms with van der Waals surface area (Å²) < 4.78 is 10.5. The van der Waals surface area contributed by atoms with Gasteiger partial charge in [0.15, 0.2) is 11.5 Å². The maximum atomic E-state index is 12.4. The Bertz CT molecular complexity index is 690. The summed E-state index contributed by atoms with van der Waals surface area (Å²) in [5.41, 5.74) is 3.79. The number of hydrogen-bond acceptors (Lipinski definition) is 3. The van der Waals surface area contributed by atoms with E-state index < -0.39 is 0 Å². The summed E-state index contributed by atoms with van der Waals surface area (Å²) in [7, 11) is 3.20. The molecular weight excluding hydrogens is 290 g/mol. The molecule has 0 heterocycles. The van der Waals surface area contributed by atoms with E-state index >= 15 is 0 Å². The number of aryl methyl sites for hydroxylation is 2. The fourth-order valence-corrected chi connectivity index (χ4v) is 2.59. The molecule has 0 aliphatic heterocycles. The highest BCUT2D eigenvalue weighted by Crippen LogP contribution is 2.30. The number of ether oxygens (including phenoxy) is 2. The first kappa shape index (κ1) is 16.9. The zero-order valence-electron chi connectivity index (χ0n) is 14.3. The highest BCUT2D eigenvalue weighted by atomic mass is 16.5. The van der Waals surface area contributed by atoms with Gasteiger partial charge in [0, 0.05) is 5.56 Å². The molecule has 0 fully saturated rings. The Morgan fingerprint density at radius 2 is 1.57 bits per heavy atom. The van der Waals surface area contributed by atoms with E-state index in [0.717, 1.165) is 16.7 Å².